The fraction of sp³-hybridized carbons (Fsp3) is 0.250. The molecule has 7 aromatic rings. The molecule has 3 atom stereocenters. The molecule has 18 heteroatoms. The van der Waals surface area contributed by atoms with E-state index in [2.05, 4.69) is 15.3 Å². The van der Waals surface area contributed by atoms with Gasteiger partial charge in [-0.1, -0.05) is 84.9 Å². The summed E-state index contributed by atoms with van der Waals surface area (Å²) in [6.45, 7) is 0.0635. The summed E-state index contributed by atoms with van der Waals surface area (Å²) >= 11 is 0. The van der Waals surface area contributed by atoms with E-state index in [-0.39, 0.29) is 43.3 Å². The van der Waals surface area contributed by atoms with Crippen molar-refractivity contribution in [3.63, 3.8) is 0 Å². The molecule has 18 nitrogen and oxygen atoms in total. The minimum Gasteiger partial charge on any atom is -0.476 e. The molecule has 4 aromatic carbocycles. The quantitative estimate of drug-likeness (QED) is 0.0740. The molecule has 0 spiro atoms. The highest BCUT2D eigenvalue weighted by Crippen LogP contribution is 2.21. The number of aromatic carboxylic acids is 3. The van der Waals surface area contributed by atoms with Gasteiger partial charge in [0.2, 0.25) is 0 Å². The van der Waals surface area contributed by atoms with Crippen molar-refractivity contribution in [3.8, 4) is 0 Å². The number of carbonyl (C=O) groups is 3. The molecule has 58 heavy (non-hydrogen) atoms. The number of aliphatic hydroxyl groups is 5. The summed E-state index contributed by atoms with van der Waals surface area (Å²) in [6, 6.07) is 30.5. The number of benzene rings is 4. The monoisotopic (exact) mass is 798 g/mol. The van der Waals surface area contributed by atoms with E-state index in [0.29, 0.717) is 39.3 Å². The number of nitrogens with zero attached hydrogens (tertiary/aromatic N) is 6. The minimum atomic E-state index is -1.11. The number of aliphatic hydroxyl groups excluding tert-OH is 5. The number of fused-ring (bicyclic) bond motifs is 3. The van der Waals surface area contributed by atoms with Crippen LogP contribution in [0.2, 0.25) is 0 Å². The lowest BCUT2D eigenvalue weighted by Crippen LogP contribution is -2.22. The molecule has 0 aliphatic heterocycles. The summed E-state index contributed by atoms with van der Waals surface area (Å²) in [5.41, 5.74) is 2.84. The lowest BCUT2D eigenvalue weighted by atomic mass is 10.2. The van der Waals surface area contributed by atoms with Crippen molar-refractivity contribution >= 4 is 50.6 Å². The molecule has 0 fully saturated rings. The maximum Gasteiger partial charge on any atom is 0.357 e. The third-order valence-corrected chi connectivity index (χ3v) is 8.58. The fourth-order valence-corrected chi connectivity index (χ4v) is 5.93. The van der Waals surface area contributed by atoms with E-state index in [4.69, 9.17) is 25.2 Å². The van der Waals surface area contributed by atoms with E-state index in [1.165, 1.54) is 14.0 Å². The van der Waals surface area contributed by atoms with E-state index in [1.54, 1.807) is 66.7 Å². The Morgan fingerprint density at radius 1 is 0.500 bits per heavy atom. The second-order valence-corrected chi connectivity index (χ2v) is 12.9. The fourth-order valence-electron chi connectivity index (χ4n) is 5.93. The molecule has 0 aliphatic rings. The third kappa shape index (κ3) is 10.6. The first-order chi connectivity index (χ1) is 27.9. The number of hydrogen-bond donors (Lipinski definition) is 8. The van der Waals surface area contributed by atoms with Gasteiger partial charge in [-0.15, -0.1) is 0 Å². The summed E-state index contributed by atoms with van der Waals surface area (Å²) in [4.78, 5) is 33.3. The van der Waals surface area contributed by atoms with Gasteiger partial charge in [-0.05, 0) is 23.8 Å². The van der Waals surface area contributed by atoms with Gasteiger partial charge in [-0.25, -0.2) is 14.4 Å². The Labute approximate surface area is 329 Å². The number of para-hydroxylation sites is 3. The maximum absolute atomic E-state index is 11.3. The highest BCUT2D eigenvalue weighted by atomic mass is 16.5. The molecule has 0 radical (unpaired) electrons. The van der Waals surface area contributed by atoms with Crippen LogP contribution >= 0.6 is 0 Å². The second kappa shape index (κ2) is 20.1. The van der Waals surface area contributed by atoms with E-state index < -0.39 is 49.4 Å². The van der Waals surface area contributed by atoms with Crippen molar-refractivity contribution in [3.05, 3.63) is 126 Å². The molecule has 7 rings (SSSR count). The maximum atomic E-state index is 11.3. The summed E-state index contributed by atoms with van der Waals surface area (Å²) < 4.78 is 9.80. The zero-order chi connectivity index (χ0) is 41.8. The SMILES string of the molecule is O=C(O)c1nn(CC(O)CO)c2ccccc12.O=C(O)c1nn(CC(O)CO)c2ccccc12.O=C(O)c1nn(CC(O)COCc2ccccc2)c2ccccc12. The first-order valence-corrected chi connectivity index (χ1v) is 17.9. The van der Waals surface area contributed by atoms with Crippen molar-refractivity contribution in [2.24, 2.45) is 0 Å². The van der Waals surface area contributed by atoms with Crippen LogP contribution in [0.3, 0.4) is 0 Å². The van der Waals surface area contributed by atoms with Crippen LogP contribution in [0.4, 0.5) is 0 Å². The Bertz CT molecular complexity index is 2360. The van der Waals surface area contributed by atoms with Crippen LogP contribution in [0.1, 0.15) is 37.0 Å². The van der Waals surface area contributed by atoms with E-state index in [9.17, 15) is 34.8 Å². The Balaban J connectivity index is 0.000000170. The zero-order valence-corrected chi connectivity index (χ0v) is 30.9. The molecule has 0 saturated heterocycles. The van der Waals surface area contributed by atoms with Gasteiger partial charge >= 0.3 is 17.9 Å². The van der Waals surface area contributed by atoms with Gasteiger partial charge in [0.15, 0.2) is 17.1 Å². The summed E-state index contributed by atoms with van der Waals surface area (Å²) in [5, 5.41) is 87.2. The lowest BCUT2D eigenvalue weighted by Gasteiger charge is -2.12. The number of rotatable bonds is 15. The van der Waals surface area contributed by atoms with Gasteiger partial charge in [0.05, 0.1) is 80.9 Å². The molecule has 8 N–H and O–H groups in total. The first kappa shape index (κ1) is 42.6. The van der Waals surface area contributed by atoms with E-state index in [1.807, 2.05) is 36.4 Å². The number of carboxylic acid groups (broad SMARTS) is 3. The molecule has 0 aliphatic carbocycles. The Kier molecular flexibility index (Phi) is 14.7. The van der Waals surface area contributed by atoms with Crippen molar-refractivity contribution in [1.82, 2.24) is 29.3 Å². The van der Waals surface area contributed by atoms with Crippen LogP contribution in [0.15, 0.2) is 103 Å². The van der Waals surface area contributed by atoms with Gasteiger partial charge < -0.3 is 45.6 Å². The van der Waals surface area contributed by atoms with Gasteiger partial charge in [-0.3, -0.25) is 14.0 Å². The highest BCUT2D eigenvalue weighted by Gasteiger charge is 2.20. The van der Waals surface area contributed by atoms with Crippen LogP contribution in [0.25, 0.3) is 32.7 Å². The molecule has 0 bridgehead atoms. The Morgan fingerprint density at radius 2 is 0.828 bits per heavy atom. The van der Waals surface area contributed by atoms with Crippen LogP contribution in [0.5, 0.6) is 0 Å². The van der Waals surface area contributed by atoms with Gasteiger partial charge in [-0.2, -0.15) is 15.3 Å². The molecular formula is C40H42N6O12. The highest BCUT2D eigenvalue weighted by molar-refractivity contribution is 6.02. The smallest absolute Gasteiger partial charge is 0.357 e. The normalized spacial score (nSPS) is 12.6. The van der Waals surface area contributed by atoms with Crippen molar-refractivity contribution < 1.29 is 60.0 Å². The van der Waals surface area contributed by atoms with E-state index in [0.717, 1.165) is 5.56 Å². The van der Waals surface area contributed by atoms with Crippen LogP contribution in [-0.4, -0.2) is 126 Å². The van der Waals surface area contributed by atoms with Gasteiger partial charge in [0.25, 0.3) is 0 Å². The van der Waals surface area contributed by atoms with Crippen LogP contribution in [0, 0.1) is 0 Å². The largest absolute Gasteiger partial charge is 0.476 e. The second-order valence-electron chi connectivity index (χ2n) is 12.9. The minimum absolute atomic E-state index is 0.0111. The predicted octanol–water partition coefficient (Wildman–Crippen LogP) is 2.49. The van der Waals surface area contributed by atoms with Gasteiger partial charge in [0, 0.05) is 16.2 Å². The zero-order valence-electron chi connectivity index (χ0n) is 30.9. The summed E-state index contributed by atoms with van der Waals surface area (Å²) in [7, 11) is 0. The summed E-state index contributed by atoms with van der Waals surface area (Å²) in [5.74, 6) is -3.31. The van der Waals surface area contributed by atoms with Crippen LogP contribution in [-0.2, 0) is 31.0 Å². The van der Waals surface area contributed by atoms with Crippen LogP contribution < -0.4 is 0 Å². The topological polar surface area (TPSA) is 276 Å². The molecular weight excluding hydrogens is 756 g/mol. The first-order valence-electron chi connectivity index (χ1n) is 17.9. The molecule has 304 valence electrons. The lowest BCUT2D eigenvalue weighted by molar-refractivity contribution is 0.0192. The average Bonchev–Trinajstić information content (AvgIpc) is 3.91. The molecule has 0 saturated carbocycles. The number of carboxylic acids is 3. The standard InChI is InChI=1S/C18H18N2O4.2C11H12N2O4/c21-14(12-24-11-13-6-2-1-3-7-13)10-20-16-9-5-4-8-15(16)17(19-20)18(22)23;2*14-6-7(15)5-13-9-4-2-1-3-8(9)10(12-13)11(16)17/h1-9,14,21H,10-12H2,(H,22,23);2*1-4,7,14-15H,5-6H2,(H,16,17). The number of ether oxygens (including phenoxy) is 1. The Hall–Kier alpha value is -6.54. The molecule has 0 amide bonds. The van der Waals surface area contributed by atoms with E-state index >= 15 is 0 Å². The Morgan fingerprint density at radius 3 is 1.17 bits per heavy atom. The number of hydrogen-bond acceptors (Lipinski definition) is 12. The summed E-state index contributed by atoms with van der Waals surface area (Å²) in [6.07, 6.45) is -2.70. The van der Waals surface area contributed by atoms with Crippen molar-refractivity contribution in [1.29, 1.82) is 0 Å². The van der Waals surface area contributed by atoms with Crippen molar-refractivity contribution in [2.75, 3.05) is 19.8 Å². The predicted molar refractivity (Wildman–Crippen MR) is 208 cm³/mol. The average molecular weight is 799 g/mol. The molecule has 3 unspecified atom stereocenters. The molecule has 3 aromatic heterocycles. The van der Waals surface area contributed by atoms with Gasteiger partial charge in [0.1, 0.15) is 0 Å². The third-order valence-electron chi connectivity index (χ3n) is 8.58. The number of aromatic nitrogens is 6. The van der Waals surface area contributed by atoms with Crippen molar-refractivity contribution in [2.45, 2.75) is 44.6 Å². The molecule has 3 heterocycles.